The number of anilines is 1. The lowest BCUT2D eigenvalue weighted by Gasteiger charge is -2.12. The summed E-state index contributed by atoms with van der Waals surface area (Å²) in [7, 11) is 3.17. The highest BCUT2D eigenvalue weighted by molar-refractivity contribution is 6.09. The molecule has 7 heteroatoms. The summed E-state index contributed by atoms with van der Waals surface area (Å²) in [5, 5.41) is 11.7. The monoisotopic (exact) mass is 432 g/mol. The highest BCUT2D eigenvalue weighted by Gasteiger charge is 2.12. The number of nitriles is 1. The number of ether oxygens (including phenoxy) is 3. The molecule has 0 unspecified atom stereocenters. The predicted octanol–water partition coefficient (Wildman–Crippen LogP) is 4.97. The van der Waals surface area contributed by atoms with Crippen LogP contribution in [-0.2, 0) is 11.4 Å². The van der Waals surface area contributed by atoms with Gasteiger partial charge < -0.3 is 19.5 Å². The van der Waals surface area contributed by atoms with Gasteiger partial charge >= 0.3 is 0 Å². The van der Waals surface area contributed by atoms with Gasteiger partial charge in [0, 0.05) is 5.56 Å². The zero-order valence-electron chi connectivity index (χ0n) is 17.6. The Hall–Kier alpha value is -4.31. The van der Waals surface area contributed by atoms with Crippen molar-refractivity contribution in [2.75, 3.05) is 19.5 Å². The number of rotatable bonds is 8. The molecule has 0 spiro atoms. The second-order valence-electron chi connectivity index (χ2n) is 6.64. The molecule has 3 aromatic rings. The van der Waals surface area contributed by atoms with Gasteiger partial charge in [-0.15, -0.1) is 0 Å². The van der Waals surface area contributed by atoms with Crippen LogP contribution >= 0.6 is 0 Å². The maximum absolute atomic E-state index is 13.7. The number of nitrogens with zero attached hydrogens (tertiary/aromatic N) is 1. The first-order valence-corrected chi connectivity index (χ1v) is 9.65. The van der Waals surface area contributed by atoms with Gasteiger partial charge in [-0.1, -0.05) is 24.3 Å². The highest BCUT2D eigenvalue weighted by Crippen LogP contribution is 2.26. The van der Waals surface area contributed by atoms with Crippen molar-refractivity contribution in [1.29, 1.82) is 5.26 Å². The zero-order valence-corrected chi connectivity index (χ0v) is 17.6. The molecule has 0 saturated carbocycles. The normalized spacial score (nSPS) is 10.8. The molecule has 1 amide bonds. The van der Waals surface area contributed by atoms with Crippen molar-refractivity contribution in [1.82, 2.24) is 0 Å². The molecule has 0 atom stereocenters. The Balaban J connectivity index is 1.68. The SMILES string of the molecule is COc1ccc(OC)c(COc2ccc(/C=C(\C#N)C(=O)Nc3ccccc3F)cc2)c1. The molecule has 3 aromatic carbocycles. The first-order chi connectivity index (χ1) is 15.5. The molecule has 0 aliphatic carbocycles. The molecule has 32 heavy (non-hydrogen) atoms. The van der Waals surface area contributed by atoms with E-state index in [4.69, 9.17) is 14.2 Å². The van der Waals surface area contributed by atoms with Crippen molar-refractivity contribution in [2.45, 2.75) is 6.61 Å². The highest BCUT2D eigenvalue weighted by atomic mass is 19.1. The van der Waals surface area contributed by atoms with Gasteiger partial charge in [-0.05, 0) is 54.1 Å². The maximum Gasteiger partial charge on any atom is 0.266 e. The molecule has 6 nitrogen and oxygen atoms in total. The first kappa shape index (κ1) is 22.4. The Morgan fingerprint density at radius 2 is 1.75 bits per heavy atom. The predicted molar refractivity (Wildman–Crippen MR) is 119 cm³/mol. The van der Waals surface area contributed by atoms with Gasteiger partial charge in [0.2, 0.25) is 0 Å². The van der Waals surface area contributed by atoms with E-state index in [2.05, 4.69) is 5.32 Å². The summed E-state index contributed by atoms with van der Waals surface area (Å²) in [4.78, 5) is 12.3. The third kappa shape index (κ3) is 5.64. The van der Waals surface area contributed by atoms with Crippen molar-refractivity contribution in [2.24, 2.45) is 0 Å². The molecule has 3 rings (SSSR count). The summed E-state index contributed by atoms with van der Waals surface area (Å²) >= 11 is 0. The minimum absolute atomic E-state index is 0.00960. The Kier molecular flexibility index (Phi) is 7.44. The molecule has 0 saturated heterocycles. The molecular formula is C25H21FN2O4. The van der Waals surface area contributed by atoms with E-state index in [0.717, 1.165) is 5.56 Å². The smallest absolute Gasteiger partial charge is 0.266 e. The van der Waals surface area contributed by atoms with Crippen LogP contribution in [0.3, 0.4) is 0 Å². The Labute approximate surface area is 185 Å². The molecule has 1 N–H and O–H groups in total. The molecule has 0 aliphatic heterocycles. The zero-order chi connectivity index (χ0) is 22.9. The summed E-state index contributed by atoms with van der Waals surface area (Å²) in [5.41, 5.74) is 1.31. The first-order valence-electron chi connectivity index (χ1n) is 9.65. The van der Waals surface area contributed by atoms with Gasteiger partial charge in [0.05, 0.1) is 19.9 Å². The van der Waals surface area contributed by atoms with Crippen molar-refractivity contribution >= 4 is 17.7 Å². The van der Waals surface area contributed by atoms with Gasteiger partial charge in [-0.3, -0.25) is 4.79 Å². The van der Waals surface area contributed by atoms with Crippen LogP contribution in [-0.4, -0.2) is 20.1 Å². The summed E-state index contributed by atoms with van der Waals surface area (Å²) in [6.07, 6.45) is 1.42. The van der Waals surface area contributed by atoms with Crippen molar-refractivity contribution in [3.8, 4) is 23.3 Å². The number of carbonyl (C=O) groups excluding carboxylic acids is 1. The minimum atomic E-state index is -0.692. The van der Waals surface area contributed by atoms with Crippen molar-refractivity contribution in [3.05, 3.63) is 89.2 Å². The van der Waals surface area contributed by atoms with Crippen LogP contribution in [0.15, 0.2) is 72.3 Å². The molecule has 162 valence electrons. The number of hydrogen-bond acceptors (Lipinski definition) is 5. The summed E-state index contributed by atoms with van der Waals surface area (Å²) in [6, 6.07) is 19.9. The molecule has 0 fully saturated rings. The van der Waals surface area contributed by atoms with Crippen LogP contribution < -0.4 is 19.5 Å². The number of amides is 1. The molecule has 0 aromatic heterocycles. The van der Waals surface area contributed by atoms with E-state index in [1.807, 2.05) is 12.1 Å². The lowest BCUT2D eigenvalue weighted by molar-refractivity contribution is -0.112. The number of para-hydroxylation sites is 1. The average molecular weight is 432 g/mol. The lowest BCUT2D eigenvalue weighted by Crippen LogP contribution is -2.14. The molecule has 0 heterocycles. The van der Waals surface area contributed by atoms with E-state index in [1.54, 1.807) is 56.7 Å². The molecule has 0 aliphatic rings. The second kappa shape index (κ2) is 10.6. The van der Waals surface area contributed by atoms with Gasteiger partial charge in [0.25, 0.3) is 5.91 Å². The third-order valence-electron chi connectivity index (χ3n) is 4.56. The molecule has 0 bridgehead atoms. The quantitative estimate of drug-likeness (QED) is 0.402. The van der Waals surface area contributed by atoms with Crippen molar-refractivity contribution in [3.63, 3.8) is 0 Å². The van der Waals surface area contributed by atoms with E-state index in [0.29, 0.717) is 22.8 Å². The number of nitrogens with one attached hydrogen (secondary N) is 1. The van der Waals surface area contributed by atoms with Crippen LogP contribution in [0, 0.1) is 17.1 Å². The topological polar surface area (TPSA) is 80.6 Å². The fourth-order valence-corrected chi connectivity index (χ4v) is 2.88. The second-order valence-corrected chi connectivity index (χ2v) is 6.64. The average Bonchev–Trinajstić information content (AvgIpc) is 2.83. The largest absolute Gasteiger partial charge is 0.497 e. The van der Waals surface area contributed by atoms with Crippen LogP contribution in [0.5, 0.6) is 17.2 Å². The lowest BCUT2D eigenvalue weighted by atomic mass is 10.1. The van der Waals surface area contributed by atoms with E-state index in [1.165, 1.54) is 24.3 Å². The number of benzene rings is 3. The standard InChI is InChI=1S/C25H21FN2O4/c1-30-21-11-12-24(31-2)19(14-21)16-32-20-9-7-17(8-10-20)13-18(15-27)25(29)28-23-6-4-3-5-22(23)26/h3-14H,16H2,1-2H3,(H,28,29)/b18-13+. The number of methoxy groups -OCH3 is 2. The summed E-state index contributed by atoms with van der Waals surface area (Å²) in [5.74, 6) is 0.712. The minimum Gasteiger partial charge on any atom is -0.497 e. The maximum atomic E-state index is 13.7. The van der Waals surface area contributed by atoms with E-state index in [9.17, 15) is 14.4 Å². The van der Waals surface area contributed by atoms with Gasteiger partial charge in [-0.25, -0.2) is 4.39 Å². The van der Waals surface area contributed by atoms with Crippen LogP contribution in [0.2, 0.25) is 0 Å². The Morgan fingerprint density at radius 1 is 1.03 bits per heavy atom. The van der Waals surface area contributed by atoms with Gasteiger partial charge in [0.15, 0.2) is 0 Å². The van der Waals surface area contributed by atoms with Crippen LogP contribution in [0.4, 0.5) is 10.1 Å². The summed E-state index contributed by atoms with van der Waals surface area (Å²) < 4.78 is 30.1. The summed E-state index contributed by atoms with van der Waals surface area (Å²) in [6.45, 7) is 0.268. The van der Waals surface area contributed by atoms with Crippen LogP contribution in [0.25, 0.3) is 6.08 Å². The molecular weight excluding hydrogens is 411 g/mol. The van der Waals surface area contributed by atoms with E-state index in [-0.39, 0.29) is 17.9 Å². The van der Waals surface area contributed by atoms with Gasteiger partial charge in [0.1, 0.15) is 41.3 Å². The third-order valence-corrected chi connectivity index (χ3v) is 4.56. The van der Waals surface area contributed by atoms with Crippen LogP contribution in [0.1, 0.15) is 11.1 Å². The number of hydrogen-bond donors (Lipinski definition) is 1. The number of halogens is 1. The number of carbonyl (C=O) groups is 1. The van der Waals surface area contributed by atoms with Crippen molar-refractivity contribution < 1.29 is 23.4 Å². The van der Waals surface area contributed by atoms with Gasteiger partial charge in [-0.2, -0.15) is 5.26 Å². The molecule has 0 radical (unpaired) electrons. The fourth-order valence-electron chi connectivity index (χ4n) is 2.88. The van der Waals surface area contributed by atoms with E-state index >= 15 is 0 Å². The van der Waals surface area contributed by atoms with E-state index < -0.39 is 11.7 Å². The fraction of sp³-hybridized carbons (Fsp3) is 0.120. The Bertz CT molecular complexity index is 1170. The Morgan fingerprint density at radius 3 is 2.41 bits per heavy atom.